The van der Waals surface area contributed by atoms with E-state index in [2.05, 4.69) is 15.1 Å². The third-order valence-corrected chi connectivity index (χ3v) is 7.80. The van der Waals surface area contributed by atoms with Crippen molar-refractivity contribution in [2.24, 2.45) is 0 Å². The third-order valence-electron chi connectivity index (χ3n) is 5.84. The van der Waals surface area contributed by atoms with E-state index >= 15 is 0 Å². The van der Waals surface area contributed by atoms with Crippen LogP contribution in [0.25, 0.3) is 0 Å². The van der Waals surface area contributed by atoms with E-state index in [-0.39, 0.29) is 15.8 Å². The fraction of sp³-hybridized carbons (Fsp3) is 0.333. The molecule has 0 saturated carbocycles. The standard InChI is InChI=1S/C24H29ClN4O3S/c1-13-10-14(2)18(6)23(17(13)5)33(31,32)28-20-8-9-22(21(25)12-20)26-24(30)19(7)29-16(4)11-15(3)27-29/h8-12,19,28H,1-7H3,(H,26,30). The van der Waals surface area contributed by atoms with E-state index in [0.29, 0.717) is 22.5 Å². The lowest BCUT2D eigenvalue weighted by Gasteiger charge is -2.18. The highest BCUT2D eigenvalue weighted by Crippen LogP contribution is 2.31. The number of nitrogens with zero attached hydrogens (tertiary/aromatic N) is 2. The first-order chi connectivity index (χ1) is 15.3. The van der Waals surface area contributed by atoms with Crippen LogP contribution in [-0.2, 0) is 14.8 Å². The Kier molecular flexibility index (Phi) is 6.91. The molecule has 0 spiro atoms. The van der Waals surface area contributed by atoms with Crippen LogP contribution in [0.5, 0.6) is 0 Å². The molecule has 1 aromatic heterocycles. The van der Waals surface area contributed by atoms with Crippen LogP contribution in [0.2, 0.25) is 5.02 Å². The molecule has 0 aliphatic carbocycles. The predicted molar refractivity (Wildman–Crippen MR) is 133 cm³/mol. The average Bonchev–Trinajstić information content (AvgIpc) is 3.05. The quantitative estimate of drug-likeness (QED) is 0.486. The fourth-order valence-electron chi connectivity index (χ4n) is 3.86. The van der Waals surface area contributed by atoms with Crippen molar-refractivity contribution in [1.82, 2.24) is 9.78 Å². The maximum Gasteiger partial charge on any atom is 0.262 e. The van der Waals surface area contributed by atoms with Gasteiger partial charge in [-0.15, -0.1) is 0 Å². The molecule has 0 fully saturated rings. The molecule has 1 unspecified atom stereocenters. The van der Waals surface area contributed by atoms with Crippen molar-refractivity contribution >= 4 is 38.9 Å². The minimum Gasteiger partial charge on any atom is -0.323 e. The van der Waals surface area contributed by atoms with Gasteiger partial charge >= 0.3 is 0 Å². The topological polar surface area (TPSA) is 93.1 Å². The van der Waals surface area contributed by atoms with Crippen molar-refractivity contribution in [2.75, 3.05) is 10.0 Å². The summed E-state index contributed by atoms with van der Waals surface area (Å²) in [6.45, 7) is 12.9. The summed E-state index contributed by atoms with van der Waals surface area (Å²) < 4.78 is 30.6. The van der Waals surface area contributed by atoms with E-state index in [1.54, 1.807) is 37.6 Å². The van der Waals surface area contributed by atoms with Gasteiger partial charge in [-0.3, -0.25) is 14.2 Å². The Morgan fingerprint density at radius 2 is 1.61 bits per heavy atom. The van der Waals surface area contributed by atoms with Crippen LogP contribution in [-0.4, -0.2) is 24.1 Å². The zero-order chi connectivity index (χ0) is 24.7. The Balaban J connectivity index is 1.83. The minimum atomic E-state index is -3.83. The maximum absolute atomic E-state index is 13.2. The Hall–Kier alpha value is -2.84. The number of anilines is 2. The summed E-state index contributed by atoms with van der Waals surface area (Å²) in [5.74, 6) is -0.280. The molecule has 0 saturated heterocycles. The molecular weight excluding hydrogens is 460 g/mol. The first-order valence-corrected chi connectivity index (χ1v) is 12.4. The highest BCUT2D eigenvalue weighted by molar-refractivity contribution is 7.92. The number of hydrogen-bond acceptors (Lipinski definition) is 4. The Morgan fingerprint density at radius 1 is 1.00 bits per heavy atom. The smallest absolute Gasteiger partial charge is 0.262 e. The van der Waals surface area contributed by atoms with E-state index in [1.807, 2.05) is 39.8 Å². The number of aromatic nitrogens is 2. The van der Waals surface area contributed by atoms with Gasteiger partial charge < -0.3 is 5.32 Å². The molecule has 2 N–H and O–H groups in total. The van der Waals surface area contributed by atoms with Gasteiger partial charge in [0.25, 0.3) is 10.0 Å². The zero-order valence-corrected chi connectivity index (χ0v) is 21.4. The SMILES string of the molecule is Cc1cc(C)n(C(C)C(=O)Nc2ccc(NS(=O)(=O)c3c(C)c(C)cc(C)c3C)cc2Cl)n1. The van der Waals surface area contributed by atoms with Gasteiger partial charge in [0.05, 0.1) is 27.0 Å². The Bertz CT molecular complexity index is 1320. The number of rotatable bonds is 6. The number of hydrogen-bond donors (Lipinski definition) is 2. The first-order valence-electron chi connectivity index (χ1n) is 10.5. The van der Waals surface area contributed by atoms with Crippen LogP contribution in [0.3, 0.4) is 0 Å². The van der Waals surface area contributed by atoms with Crippen molar-refractivity contribution < 1.29 is 13.2 Å². The monoisotopic (exact) mass is 488 g/mol. The van der Waals surface area contributed by atoms with Crippen molar-refractivity contribution in [3.8, 4) is 0 Å². The summed E-state index contributed by atoms with van der Waals surface area (Å²) in [5.41, 5.74) is 5.63. The summed E-state index contributed by atoms with van der Waals surface area (Å²) >= 11 is 6.38. The van der Waals surface area contributed by atoms with Crippen LogP contribution in [0.15, 0.2) is 35.2 Å². The molecule has 1 atom stereocenters. The normalized spacial score (nSPS) is 12.5. The van der Waals surface area contributed by atoms with Gasteiger partial charge in [0.15, 0.2) is 0 Å². The fourth-order valence-corrected chi connectivity index (χ4v) is 5.75. The van der Waals surface area contributed by atoms with Crippen LogP contribution < -0.4 is 10.0 Å². The van der Waals surface area contributed by atoms with E-state index in [0.717, 1.165) is 22.5 Å². The molecule has 9 heteroatoms. The number of benzene rings is 2. The Labute approximate surface area is 200 Å². The van der Waals surface area contributed by atoms with Gasteiger partial charge in [-0.2, -0.15) is 5.10 Å². The molecule has 33 heavy (non-hydrogen) atoms. The molecule has 0 aliphatic heterocycles. The van der Waals surface area contributed by atoms with Crippen LogP contribution >= 0.6 is 11.6 Å². The zero-order valence-electron chi connectivity index (χ0n) is 19.9. The van der Waals surface area contributed by atoms with Gasteiger partial charge in [0, 0.05) is 5.69 Å². The van der Waals surface area contributed by atoms with E-state index < -0.39 is 16.1 Å². The van der Waals surface area contributed by atoms with Crippen molar-refractivity contribution in [3.05, 3.63) is 69.0 Å². The molecule has 3 rings (SSSR count). The van der Waals surface area contributed by atoms with Gasteiger partial charge in [0.1, 0.15) is 6.04 Å². The van der Waals surface area contributed by atoms with E-state index in [9.17, 15) is 13.2 Å². The lowest BCUT2D eigenvalue weighted by atomic mass is 10.0. The van der Waals surface area contributed by atoms with Gasteiger partial charge in [-0.25, -0.2) is 8.42 Å². The largest absolute Gasteiger partial charge is 0.323 e. The molecule has 1 amide bonds. The number of carbonyl (C=O) groups excluding carboxylic acids is 1. The second-order valence-corrected chi connectivity index (χ2v) is 10.5. The summed E-state index contributed by atoms with van der Waals surface area (Å²) in [7, 11) is -3.83. The van der Waals surface area contributed by atoms with Crippen LogP contribution in [0.1, 0.15) is 46.6 Å². The highest BCUT2D eigenvalue weighted by Gasteiger charge is 2.23. The maximum atomic E-state index is 13.2. The number of halogens is 1. The third kappa shape index (κ3) is 5.07. The molecular formula is C24H29ClN4O3S. The second kappa shape index (κ2) is 9.19. The van der Waals surface area contributed by atoms with Crippen molar-refractivity contribution in [1.29, 1.82) is 0 Å². The van der Waals surface area contributed by atoms with Crippen molar-refractivity contribution in [3.63, 3.8) is 0 Å². The lowest BCUT2D eigenvalue weighted by molar-refractivity contribution is -0.119. The predicted octanol–water partition coefficient (Wildman–Crippen LogP) is 5.39. The van der Waals surface area contributed by atoms with Crippen LogP contribution in [0, 0.1) is 41.5 Å². The average molecular weight is 489 g/mol. The van der Waals surface area contributed by atoms with Gasteiger partial charge in [0.2, 0.25) is 5.91 Å². The highest BCUT2D eigenvalue weighted by atomic mass is 35.5. The van der Waals surface area contributed by atoms with E-state index in [1.165, 1.54) is 6.07 Å². The number of nitrogens with one attached hydrogen (secondary N) is 2. The molecule has 0 aliphatic rings. The summed E-state index contributed by atoms with van der Waals surface area (Å²) in [4.78, 5) is 13.0. The summed E-state index contributed by atoms with van der Waals surface area (Å²) in [5, 5.41) is 7.36. The van der Waals surface area contributed by atoms with Gasteiger partial charge in [-0.1, -0.05) is 17.7 Å². The molecule has 7 nitrogen and oxygen atoms in total. The van der Waals surface area contributed by atoms with Gasteiger partial charge in [-0.05, 0) is 95.0 Å². The number of aryl methyl sites for hydroxylation is 4. The van der Waals surface area contributed by atoms with Crippen molar-refractivity contribution in [2.45, 2.75) is 59.4 Å². The first kappa shape index (κ1) is 24.8. The summed E-state index contributed by atoms with van der Waals surface area (Å²) in [6, 6.07) is 7.97. The number of amides is 1. The summed E-state index contributed by atoms with van der Waals surface area (Å²) in [6.07, 6.45) is 0. The molecule has 1 heterocycles. The molecule has 2 aromatic carbocycles. The Morgan fingerprint density at radius 3 is 2.12 bits per heavy atom. The lowest BCUT2D eigenvalue weighted by Crippen LogP contribution is -2.25. The minimum absolute atomic E-state index is 0.220. The molecule has 0 radical (unpaired) electrons. The number of carbonyl (C=O) groups is 1. The second-order valence-electron chi connectivity index (χ2n) is 8.43. The molecule has 176 valence electrons. The molecule has 0 bridgehead atoms. The molecule has 3 aromatic rings. The number of sulfonamides is 1. The van der Waals surface area contributed by atoms with Crippen LogP contribution in [0.4, 0.5) is 11.4 Å². The van der Waals surface area contributed by atoms with E-state index in [4.69, 9.17) is 11.6 Å².